The fourth-order valence-electron chi connectivity index (χ4n) is 3.00. The predicted octanol–water partition coefficient (Wildman–Crippen LogP) is 4.78. The highest BCUT2D eigenvalue weighted by atomic mass is 28.2. The molecule has 0 aliphatic carbocycles. The van der Waals surface area contributed by atoms with E-state index in [1.807, 2.05) is 12.1 Å². The molecule has 1 unspecified atom stereocenters. The third kappa shape index (κ3) is 5.59. The lowest BCUT2D eigenvalue weighted by Crippen LogP contribution is -2.29. The first-order valence-electron chi connectivity index (χ1n) is 9.64. The highest BCUT2D eigenvalue weighted by Crippen LogP contribution is 2.42. The second-order valence-corrected chi connectivity index (χ2v) is 8.34. The highest BCUT2D eigenvalue weighted by molar-refractivity contribution is 6.12. The number of hydrogen-bond acceptors (Lipinski definition) is 4. The SMILES string of the molecule is CC(C)C(C)(C)C(O[Si])c1ccc(-c2cc(NC=C(C(=O)O)C(=O)O)ccc2F)cc1. The number of rotatable bonds is 9. The topological polar surface area (TPSA) is 95.9 Å². The van der Waals surface area contributed by atoms with Crippen molar-refractivity contribution in [2.24, 2.45) is 11.3 Å². The molecule has 0 bridgehead atoms. The maximum Gasteiger partial charge on any atom is 0.344 e. The molecule has 0 saturated carbocycles. The highest BCUT2D eigenvalue weighted by Gasteiger charge is 2.33. The van der Waals surface area contributed by atoms with Crippen molar-refractivity contribution in [2.75, 3.05) is 5.32 Å². The van der Waals surface area contributed by atoms with Gasteiger partial charge in [0.15, 0.2) is 5.57 Å². The molecule has 2 aromatic carbocycles. The first-order chi connectivity index (χ1) is 14.5. The van der Waals surface area contributed by atoms with Gasteiger partial charge in [-0.1, -0.05) is 52.0 Å². The molecular weight excluding hydrogens is 417 g/mol. The van der Waals surface area contributed by atoms with E-state index in [4.69, 9.17) is 14.6 Å². The van der Waals surface area contributed by atoms with E-state index in [1.165, 1.54) is 18.2 Å². The van der Waals surface area contributed by atoms with Gasteiger partial charge in [-0.3, -0.25) is 0 Å². The van der Waals surface area contributed by atoms with E-state index >= 15 is 0 Å². The standard InChI is InChI=1S/C23H25FNO5Si/c1-13(2)23(3,4)20(30-31)15-7-5-14(6-8-15)17-11-16(9-10-19(17)24)25-12-18(21(26)27)22(28)29/h5-13,20,25H,1-4H3,(H,26,27)(H,28,29). The summed E-state index contributed by atoms with van der Waals surface area (Å²) >= 11 is 0. The molecular formula is C23H25FNO5Si. The average molecular weight is 443 g/mol. The summed E-state index contributed by atoms with van der Waals surface area (Å²) in [6.07, 6.45) is 0.642. The van der Waals surface area contributed by atoms with Gasteiger partial charge in [-0.25, -0.2) is 14.0 Å². The van der Waals surface area contributed by atoms with Gasteiger partial charge in [-0.05, 0) is 40.7 Å². The van der Waals surface area contributed by atoms with Crippen molar-refractivity contribution in [3.8, 4) is 11.1 Å². The van der Waals surface area contributed by atoms with Crippen LogP contribution in [0.25, 0.3) is 11.1 Å². The third-order valence-electron chi connectivity index (χ3n) is 5.62. The molecule has 6 nitrogen and oxygen atoms in total. The van der Waals surface area contributed by atoms with Crippen LogP contribution in [0.3, 0.4) is 0 Å². The second-order valence-electron chi connectivity index (χ2n) is 8.10. The monoisotopic (exact) mass is 442 g/mol. The summed E-state index contributed by atoms with van der Waals surface area (Å²) in [5.74, 6) is -3.27. The number of nitrogens with one attached hydrogen (secondary N) is 1. The molecule has 163 valence electrons. The van der Waals surface area contributed by atoms with Crippen molar-refractivity contribution in [1.82, 2.24) is 0 Å². The lowest BCUT2D eigenvalue weighted by Gasteiger charge is -2.37. The largest absolute Gasteiger partial charge is 0.477 e. The summed E-state index contributed by atoms with van der Waals surface area (Å²) < 4.78 is 20.0. The maximum absolute atomic E-state index is 14.5. The van der Waals surface area contributed by atoms with Crippen LogP contribution in [-0.4, -0.2) is 32.6 Å². The number of anilines is 1. The molecule has 0 amide bonds. The Morgan fingerprint density at radius 2 is 1.68 bits per heavy atom. The number of carbonyl (C=O) groups is 2. The van der Waals surface area contributed by atoms with Crippen LogP contribution >= 0.6 is 0 Å². The number of aliphatic carboxylic acids is 2. The molecule has 2 aromatic rings. The van der Waals surface area contributed by atoms with Crippen LogP contribution in [0.4, 0.5) is 10.1 Å². The Morgan fingerprint density at radius 3 is 2.16 bits per heavy atom. The van der Waals surface area contributed by atoms with Crippen molar-refractivity contribution in [2.45, 2.75) is 33.8 Å². The van der Waals surface area contributed by atoms with E-state index in [0.717, 1.165) is 11.8 Å². The normalized spacial score (nSPS) is 12.4. The van der Waals surface area contributed by atoms with Gasteiger partial charge in [0.2, 0.25) is 10.5 Å². The van der Waals surface area contributed by atoms with Crippen LogP contribution in [0.5, 0.6) is 0 Å². The summed E-state index contributed by atoms with van der Waals surface area (Å²) in [5.41, 5.74) is 1.20. The molecule has 3 radical (unpaired) electrons. The zero-order valence-electron chi connectivity index (χ0n) is 17.8. The molecule has 0 spiro atoms. The van der Waals surface area contributed by atoms with Crippen LogP contribution in [0, 0.1) is 17.2 Å². The molecule has 8 heteroatoms. The van der Waals surface area contributed by atoms with Gasteiger partial charge in [0.1, 0.15) is 5.82 Å². The van der Waals surface area contributed by atoms with Gasteiger partial charge >= 0.3 is 11.9 Å². The van der Waals surface area contributed by atoms with Crippen molar-refractivity contribution in [1.29, 1.82) is 0 Å². The van der Waals surface area contributed by atoms with Crippen LogP contribution in [0.1, 0.15) is 39.4 Å². The van der Waals surface area contributed by atoms with Crippen molar-refractivity contribution < 1.29 is 28.6 Å². The molecule has 0 aromatic heterocycles. The van der Waals surface area contributed by atoms with Gasteiger partial charge in [0, 0.05) is 17.5 Å². The third-order valence-corrected chi connectivity index (χ3v) is 5.85. The quantitative estimate of drug-likeness (QED) is 0.224. The Morgan fingerprint density at radius 1 is 1.10 bits per heavy atom. The minimum atomic E-state index is -1.58. The van der Waals surface area contributed by atoms with Crippen molar-refractivity contribution >= 4 is 28.1 Å². The first kappa shape index (κ1) is 24.3. The van der Waals surface area contributed by atoms with Gasteiger partial charge in [-0.2, -0.15) is 0 Å². The van der Waals surface area contributed by atoms with E-state index in [9.17, 15) is 14.0 Å². The lowest BCUT2D eigenvalue weighted by molar-refractivity contribution is -0.140. The summed E-state index contributed by atoms with van der Waals surface area (Å²) in [4.78, 5) is 21.9. The number of benzene rings is 2. The molecule has 31 heavy (non-hydrogen) atoms. The van der Waals surface area contributed by atoms with Gasteiger partial charge < -0.3 is 20.0 Å². The Kier molecular flexibility index (Phi) is 7.75. The zero-order valence-corrected chi connectivity index (χ0v) is 18.8. The van der Waals surface area contributed by atoms with Crippen LogP contribution in [0.2, 0.25) is 0 Å². The lowest BCUT2D eigenvalue weighted by atomic mass is 9.74. The Labute approximate surface area is 184 Å². The molecule has 2 rings (SSSR count). The van der Waals surface area contributed by atoms with Crippen LogP contribution < -0.4 is 5.32 Å². The average Bonchev–Trinajstić information content (AvgIpc) is 2.69. The predicted molar refractivity (Wildman–Crippen MR) is 117 cm³/mol. The van der Waals surface area contributed by atoms with E-state index in [1.54, 1.807) is 12.1 Å². The smallest absolute Gasteiger partial charge is 0.344 e. The first-order valence-corrected chi connectivity index (χ1v) is 10.0. The number of carboxylic acids is 2. The minimum Gasteiger partial charge on any atom is -0.477 e. The molecule has 1 atom stereocenters. The molecule has 0 aliphatic rings. The molecule has 0 heterocycles. The van der Waals surface area contributed by atoms with E-state index in [0.29, 0.717) is 17.2 Å². The Balaban J connectivity index is 2.35. The van der Waals surface area contributed by atoms with Gasteiger partial charge in [0.25, 0.3) is 0 Å². The number of hydrogen-bond donors (Lipinski definition) is 3. The summed E-state index contributed by atoms with van der Waals surface area (Å²) in [5, 5.41) is 20.4. The van der Waals surface area contributed by atoms with Crippen LogP contribution in [0.15, 0.2) is 54.2 Å². The summed E-state index contributed by atoms with van der Waals surface area (Å²) in [7, 11) is 3.19. The maximum atomic E-state index is 14.5. The van der Waals surface area contributed by atoms with E-state index in [2.05, 4.69) is 43.5 Å². The second kappa shape index (κ2) is 9.89. The van der Waals surface area contributed by atoms with E-state index < -0.39 is 23.3 Å². The fourth-order valence-corrected chi connectivity index (χ4v) is 3.44. The molecule has 0 saturated heterocycles. The fraction of sp³-hybridized carbons (Fsp3) is 0.304. The van der Waals surface area contributed by atoms with Gasteiger partial charge in [-0.15, -0.1) is 0 Å². The Bertz CT molecular complexity index is 970. The molecule has 0 fully saturated rings. The van der Waals surface area contributed by atoms with Gasteiger partial charge in [0.05, 0.1) is 6.10 Å². The van der Waals surface area contributed by atoms with Crippen LogP contribution in [-0.2, 0) is 14.0 Å². The summed E-state index contributed by atoms with van der Waals surface area (Å²) in [6, 6.07) is 11.4. The van der Waals surface area contributed by atoms with E-state index in [-0.39, 0.29) is 17.1 Å². The number of carboxylic acid groups (broad SMARTS) is 2. The summed E-state index contributed by atoms with van der Waals surface area (Å²) in [6.45, 7) is 8.46. The molecule has 3 N–H and O–H groups in total. The Hall–Kier alpha value is -2.97. The zero-order chi connectivity index (χ0) is 23.3. The molecule has 0 aliphatic heterocycles. The number of halogens is 1. The minimum absolute atomic E-state index is 0.156. The van der Waals surface area contributed by atoms with Crippen molar-refractivity contribution in [3.63, 3.8) is 0 Å². The van der Waals surface area contributed by atoms with Crippen molar-refractivity contribution in [3.05, 3.63) is 65.6 Å².